The first-order chi connectivity index (χ1) is 12.2. The van der Waals surface area contributed by atoms with Crippen LogP contribution in [-0.4, -0.2) is 40.7 Å². The molecule has 138 valence electrons. The summed E-state index contributed by atoms with van der Waals surface area (Å²) in [6.45, 7) is 0.233. The number of para-hydroxylation sites is 1. The van der Waals surface area contributed by atoms with E-state index in [1.54, 1.807) is 48.5 Å². The molecule has 1 amide bonds. The Kier molecular flexibility index (Phi) is 5.99. The summed E-state index contributed by atoms with van der Waals surface area (Å²) >= 11 is 0. The summed E-state index contributed by atoms with van der Waals surface area (Å²) in [5.41, 5.74) is 1.77. The first kappa shape index (κ1) is 19.5. The van der Waals surface area contributed by atoms with Crippen molar-refractivity contribution in [2.24, 2.45) is 0 Å². The number of hydrogen-bond donors (Lipinski definition) is 1. The Bertz CT molecular complexity index is 907. The summed E-state index contributed by atoms with van der Waals surface area (Å²) in [5.74, 6) is -0.827. The molecule has 0 aromatic heterocycles. The van der Waals surface area contributed by atoms with Crippen LogP contribution in [-0.2, 0) is 21.3 Å². The summed E-state index contributed by atoms with van der Waals surface area (Å²) in [4.78, 5) is 23.9. The van der Waals surface area contributed by atoms with Gasteiger partial charge in [0.25, 0.3) is 5.91 Å². The normalized spacial score (nSPS) is 10.9. The Morgan fingerprint density at radius 2 is 1.69 bits per heavy atom. The Hall–Kier alpha value is -2.87. The average Bonchev–Trinajstić information content (AvgIpc) is 2.64. The van der Waals surface area contributed by atoms with Gasteiger partial charge in [-0.3, -0.25) is 9.10 Å². The number of methoxy groups -OCH3 is 1. The molecule has 8 heteroatoms. The standard InChI is InChI=1S/C18H20N2O5S/c1-20(26(3,23)24)16-7-5-4-6-15(16)17(21)19-12-13-8-10-14(11-9-13)18(22)25-2/h4-11H,12H2,1-3H3,(H,19,21). The number of carbonyl (C=O) groups excluding carboxylic acids is 2. The summed E-state index contributed by atoms with van der Waals surface area (Å²) in [7, 11) is -0.782. The Labute approximate surface area is 152 Å². The van der Waals surface area contributed by atoms with Crippen molar-refractivity contribution >= 4 is 27.6 Å². The smallest absolute Gasteiger partial charge is 0.337 e. The molecule has 2 aromatic rings. The summed E-state index contributed by atoms with van der Waals surface area (Å²) in [6, 6.07) is 13.1. The van der Waals surface area contributed by atoms with E-state index in [1.165, 1.54) is 14.2 Å². The van der Waals surface area contributed by atoms with Crippen LogP contribution in [0.3, 0.4) is 0 Å². The average molecular weight is 376 g/mol. The molecule has 0 aliphatic rings. The third-order valence-electron chi connectivity index (χ3n) is 3.81. The van der Waals surface area contributed by atoms with E-state index in [2.05, 4.69) is 10.1 Å². The molecule has 0 spiro atoms. The van der Waals surface area contributed by atoms with Gasteiger partial charge in [0.15, 0.2) is 0 Å². The predicted molar refractivity (Wildman–Crippen MR) is 98.6 cm³/mol. The molecule has 1 N–H and O–H groups in total. The van der Waals surface area contributed by atoms with Crippen molar-refractivity contribution in [2.75, 3.05) is 24.7 Å². The molecule has 0 saturated carbocycles. The lowest BCUT2D eigenvalue weighted by atomic mass is 10.1. The van der Waals surface area contributed by atoms with Crippen LogP contribution in [0.1, 0.15) is 26.3 Å². The van der Waals surface area contributed by atoms with E-state index in [0.29, 0.717) is 11.3 Å². The second-order valence-electron chi connectivity index (χ2n) is 5.62. The maximum Gasteiger partial charge on any atom is 0.337 e. The van der Waals surface area contributed by atoms with Crippen LogP contribution in [0.4, 0.5) is 5.69 Å². The third-order valence-corrected chi connectivity index (χ3v) is 5.01. The molecule has 2 aromatic carbocycles. The van der Waals surface area contributed by atoms with Gasteiger partial charge in [-0.2, -0.15) is 0 Å². The zero-order chi connectivity index (χ0) is 19.3. The maximum absolute atomic E-state index is 12.5. The zero-order valence-electron chi connectivity index (χ0n) is 14.7. The van der Waals surface area contributed by atoms with E-state index < -0.39 is 21.9 Å². The summed E-state index contributed by atoms with van der Waals surface area (Å²) < 4.78 is 29.2. The van der Waals surface area contributed by atoms with Gasteiger partial charge in [0, 0.05) is 13.6 Å². The lowest BCUT2D eigenvalue weighted by molar-refractivity contribution is 0.0600. The molecule has 0 atom stereocenters. The van der Waals surface area contributed by atoms with Crippen LogP contribution in [0.15, 0.2) is 48.5 Å². The van der Waals surface area contributed by atoms with E-state index in [4.69, 9.17) is 0 Å². The lowest BCUT2D eigenvalue weighted by Gasteiger charge is -2.19. The quantitative estimate of drug-likeness (QED) is 0.776. The zero-order valence-corrected chi connectivity index (χ0v) is 15.5. The number of benzene rings is 2. The Balaban J connectivity index is 2.13. The Morgan fingerprint density at radius 1 is 1.08 bits per heavy atom. The molecule has 0 aliphatic heterocycles. The largest absolute Gasteiger partial charge is 0.465 e. The SMILES string of the molecule is COC(=O)c1ccc(CNC(=O)c2ccccc2N(C)S(C)(=O)=O)cc1. The first-order valence-corrected chi connectivity index (χ1v) is 9.57. The number of rotatable bonds is 6. The predicted octanol–water partition coefficient (Wildman–Crippen LogP) is 1.80. The fourth-order valence-electron chi connectivity index (χ4n) is 2.27. The number of carbonyl (C=O) groups is 2. The number of esters is 1. The third kappa shape index (κ3) is 4.60. The van der Waals surface area contributed by atoms with E-state index in [1.807, 2.05) is 0 Å². The number of nitrogens with zero attached hydrogens (tertiary/aromatic N) is 1. The molecule has 2 rings (SSSR count). The van der Waals surface area contributed by atoms with E-state index in [9.17, 15) is 18.0 Å². The van der Waals surface area contributed by atoms with Gasteiger partial charge in [-0.25, -0.2) is 13.2 Å². The van der Waals surface area contributed by atoms with Gasteiger partial charge in [0.1, 0.15) is 0 Å². The molecule has 0 saturated heterocycles. The molecular weight excluding hydrogens is 356 g/mol. The molecule has 0 fully saturated rings. The minimum atomic E-state index is -3.48. The number of ether oxygens (including phenoxy) is 1. The van der Waals surface area contributed by atoms with Crippen molar-refractivity contribution in [3.05, 3.63) is 65.2 Å². The highest BCUT2D eigenvalue weighted by Gasteiger charge is 2.19. The molecule has 0 radical (unpaired) electrons. The van der Waals surface area contributed by atoms with Gasteiger partial charge >= 0.3 is 5.97 Å². The maximum atomic E-state index is 12.5. The van der Waals surface area contributed by atoms with Crippen molar-refractivity contribution in [3.8, 4) is 0 Å². The molecule has 0 bridgehead atoms. The highest BCUT2D eigenvalue weighted by molar-refractivity contribution is 7.92. The second-order valence-corrected chi connectivity index (χ2v) is 7.63. The van der Waals surface area contributed by atoms with Gasteiger partial charge in [-0.15, -0.1) is 0 Å². The van der Waals surface area contributed by atoms with Crippen molar-refractivity contribution in [1.82, 2.24) is 5.32 Å². The van der Waals surface area contributed by atoms with Crippen molar-refractivity contribution in [3.63, 3.8) is 0 Å². The molecule has 7 nitrogen and oxygen atoms in total. The molecular formula is C18H20N2O5S. The van der Waals surface area contributed by atoms with Crippen LogP contribution >= 0.6 is 0 Å². The van der Waals surface area contributed by atoms with Crippen LogP contribution in [0.25, 0.3) is 0 Å². The van der Waals surface area contributed by atoms with E-state index >= 15 is 0 Å². The number of amides is 1. The van der Waals surface area contributed by atoms with Crippen LogP contribution in [0.2, 0.25) is 0 Å². The van der Waals surface area contributed by atoms with Crippen LogP contribution in [0, 0.1) is 0 Å². The molecule has 0 heterocycles. The minimum Gasteiger partial charge on any atom is -0.465 e. The van der Waals surface area contributed by atoms with E-state index in [0.717, 1.165) is 16.1 Å². The molecule has 0 unspecified atom stereocenters. The fraction of sp³-hybridized carbons (Fsp3) is 0.222. The second kappa shape index (κ2) is 8.01. The first-order valence-electron chi connectivity index (χ1n) is 7.72. The van der Waals surface area contributed by atoms with Crippen molar-refractivity contribution in [1.29, 1.82) is 0 Å². The highest BCUT2D eigenvalue weighted by Crippen LogP contribution is 2.21. The number of sulfonamides is 1. The number of anilines is 1. The van der Waals surface area contributed by atoms with Gasteiger partial charge in [0.2, 0.25) is 10.0 Å². The van der Waals surface area contributed by atoms with Gasteiger partial charge in [-0.1, -0.05) is 24.3 Å². The number of nitrogens with one attached hydrogen (secondary N) is 1. The molecule has 26 heavy (non-hydrogen) atoms. The van der Waals surface area contributed by atoms with Crippen molar-refractivity contribution < 1.29 is 22.7 Å². The highest BCUT2D eigenvalue weighted by atomic mass is 32.2. The minimum absolute atomic E-state index is 0.233. The lowest BCUT2D eigenvalue weighted by Crippen LogP contribution is -2.29. The summed E-state index contributed by atoms with van der Waals surface area (Å²) in [6.07, 6.45) is 1.07. The van der Waals surface area contributed by atoms with Crippen LogP contribution < -0.4 is 9.62 Å². The topological polar surface area (TPSA) is 92.8 Å². The van der Waals surface area contributed by atoms with Crippen LogP contribution in [0.5, 0.6) is 0 Å². The monoisotopic (exact) mass is 376 g/mol. The summed E-state index contributed by atoms with van der Waals surface area (Å²) in [5, 5.41) is 2.75. The van der Waals surface area contributed by atoms with Crippen molar-refractivity contribution in [2.45, 2.75) is 6.54 Å². The molecule has 0 aliphatic carbocycles. The van der Waals surface area contributed by atoms with Gasteiger partial charge in [-0.05, 0) is 29.8 Å². The Morgan fingerprint density at radius 3 is 2.27 bits per heavy atom. The number of hydrogen-bond acceptors (Lipinski definition) is 5. The van der Waals surface area contributed by atoms with E-state index in [-0.39, 0.29) is 12.1 Å². The fourth-order valence-corrected chi connectivity index (χ4v) is 2.79. The van der Waals surface area contributed by atoms with Gasteiger partial charge < -0.3 is 10.1 Å². The van der Waals surface area contributed by atoms with Gasteiger partial charge in [0.05, 0.1) is 30.2 Å².